The molecule has 4 aromatic carbocycles. The van der Waals surface area contributed by atoms with Crippen molar-refractivity contribution in [3.05, 3.63) is 94.1 Å². The van der Waals surface area contributed by atoms with Gasteiger partial charge in [0.25, 0.3) is 0 Å². The van der Waals surface area contributed by atoms with Gasteiger partial charge in [-0.15, -0.1) is 0 Å². The fourth-order valence-corrected chi connectivity index (χ4v) is 6.64. The summed E-state index contributed by atoms with van der Waals surface area (Å²) in [6.45, 7) is 21.2. The lowest BCUT2D eigenvalue weighted by atomic mass is 9.76. The van der Waals surface area contributed by atoms with Crippen LogP contribution in [-0.4, -0.2) is 18.1 Å². The maximum absolute atomic E-state index is 13.9. The van der Waals surface area contributed by atoms with Crippen LogP contribution in [0.5, 0.6) is 23.0 Å². The van der Waals surface area contributed by atoms with E-state index in [4.69, 9.17) is 18.9 Å². The van der Waals surface area contributed by atoms with Gasteiger partial charge in [0.1, 0.15) is 23.0 Å². The summed E-state index contributed by atoms with van der Waals surface area (Å²) in [6, 6.07) is 14.8. The van der Waals surface area contributed by atoms with Crippen molar-refractivity contribution >= 4 is 39.6 Å². The maximum atomic E-state index is 13.9. The van der Waals surface area contributed by atoms with Gasteiger partial charge in [-0.05, 0) is 70.8 Å². The molecule has 0 atom stereocenters. The minimum absolute atomic E-state index is 0.323. The molecule has 4 rings (SSSR count). The Morgan fingerprint density at radius 3 is 1.60 bits per heavy atom. The number of allylic oxidation sites excluding steroid dienone is 4. The van der Waals surface area contributed by atoms with Crippen molar-refractivity contribution in [3.8, 4) is 23.0 Å². The lowest BCUT2D eigenvalue weighted by Gasteiger charge is -2.30. The molecule has 7 heteroatoms. The minimum atomic E-state index is -0.920. The van der Waals surface area contributed by atoms with Crippen molar-refractivity contribution in [1.29, 1.82) is 0 Å². The minimum Gasteiger partial charge on any atom is -0.426 e. The second-order valence-electron chi connectivity index (χ2n) is 14.4. The van der Waals surface area contributed by atoms with Gasteiger partial charge < -0.3 is 18.9 Å². The molecule has 0 aliphatic heterocycles. The molecular formula is C43H50O7. The molecule has 7 nitrogen and oxygen atoms in total. The first-order valence-electron chi connectivity index (χ1n) is 17.2. The van der Waals surface area contributed by atoms with Gasteiger partial charge in [-0.25, -0.2) is 4.79 Å². The van der Waals surface area contributed by atoms with E-state index in [9.17, 15) is 14.4 Å². The summed E-state index contributed by atoms with van der Waals surface area (Å²) < 4.78 is 23.9. The molecule has 0 radical (unpaired) electrons. The van der Waals surface area contributed by atoms with Crippen LogP contribution in [0.3, 0.4) is 0 Å². The van der Waals surface area contributed by atoms with Crippen LogP contribution in [0.4, 0.5) is 4.79 Å². The number of benzene rings is 4. The van der Waals surface area contributed by atoms with E-state index in [-0.39, 0.29) is 0 Å². The van der Waals surface area contributed by atoms with Crippen LogP contribution < -0.4 is 18.9 Å². The normalized spacial score (nSPS) is 11.9. The van der Waals surface area contributed by atoms with E-state index >= 15 is 0 Å². The van der Waals surface area contributed by atoms with E-state index in [1.165, 1.54) is 19.4 Å². The van der Waals surface area contributed by atoms with Gasteiger partial charge >= 0.3 is 18.1 Å². The molecule has 0 saturated carbocycles. The van der Waals surface area contributed by atoms with E-state index in [2.05, 4.69) is 40.7 Å². The Labute approximate surface area is 296 Å². The van der Waals surface area contributed by atoms with Crippen molar-refractivity contribution in [1.82, 2.24) is 0 Å². The molecule has 0 fully saturated rings. The fraction of sp³-hybridized carbons (Fsp3) is 0.372. The van der Waals surface area contributed by atoms with E-state index in [0.717, 1.165) is 23.1 Å². The Kier molecular flexibility index (Phi) is 11.9. The molecule has 0 spiro atoms. The highest BCUT2D eigenvalue weighted by molar-refractivity contribution is 6.00. The predicted octanol–water partition coefficient (Wildman–Crippen LogP) is 11.2. The van der Waals surface area contributed by atoms with E-state index < -0.39 is 23.5 Å². The molecular weight excluding hydrogens is 628 g/mol. The number of hydrogen-bond donors (Lipinski definition) is 0. The van der Waals surface area contributed by atoms with Crippen LogP contribution in [0.2, 0.25) is 0 Å². The van der Waals surface area contributed by atoms with Crippen molar-refractivity contribution < 1.29 is 33.3 Å². The van der Waals surface area contributed by atoms with Crippen molar-refractivity contribution in [3.63, 3.8) is 0 Å². The SMILES string of the molecule is CC(=O)Oc1c(CC=C(C)C)c(C)c(OC(=O)Oc2c(C)c(C(C)(C)C/C=C(\C)CC(C)C)c(OC(C)=O)c3ccccc23)c2ccccc12. The molecule has 0 aliphatic carbocycles. The number of ether oxygens (including phenoxy) is 4. The summed E-state index contributed by atoms with van der Waals surface area (Å²) in [5, 5.41) is 2.51. The zero-order valence-corrected chi connectivity index (χ0v) is 31.3. The highest BCUT2D eigenvalue weighted by Crippen LogP contribution is 2.48. The Morgan fingerprint density at radius 1 is 0.660 bits per heavy atom. The van der Waals surface area contributed by atoms with Gasteiger partial charge in [0.05, 0.1) is 0 Å². The van der Waals surface area contributed by atoms with Gasteiger partial charge in [0, 0.05) is 52.1 Å². The van der Waals surface area contributed by atoms with Crippen molar-refractivity contribution in [2.24, 2.45) is 5.92 Å². The number of rotatable bonds is 11. The van der Waals surface area contributed by atoms with Crippen LogP contribution in [-0.2, 0) is 21.4 Å². The third-order valence-electron chi connectivity index (χ3n) is 8.79. The van der Waals surface area contributed by atoms with Gasteiger partial charge in [0.15, 0.2) is 0 Å². The molecule has 0 heterocycles. The maximum Gasteiger partial charge on any atom is 0.519 e. The fourth-order valence-electron chi connectivity index (χ4n) is 6.64. The zero-order chi connectivity index (χ0) is 36.9. The number of hydrogen-bond acceptors (Lipinski definition) is 7. The summed E-state index contributed by atoms with van der Waals surface area (Å²) in [7, 11) is 0. The average Bonchev–Trinajstić information content (AvgIpc) is 3.02. The zero-order valence-electron chi connectivity index (χ0n) is 31.3. The highest BCUT2D eigenvalue weighted by Gasteiger charge is 2.32. The molecule has 0 aliphatic rings. The number of esters is 2. The first kappa shape index (κ1) is 37.9. The van der Waals surface area contributed by atoms with Crippen molar-refractivity contribution in [2.75, 3.05) is 0 Å². The Bertz CT molecular complexity index is 2010. The molecule has 0 bridgehead atoms. The highest BCUT2D eigenvalue weighted by atomic mass is 16.7. The van der Waals surface area contributed by atoms with Gasteiger partial charge in [-0.1, -0.05) is 99.5 Å². The van der Waals surface area contributed by atoms with Gasteiger partial charge in [0.2, 0.25) is 0 Å². The first-order chi connectivity index (χ1) is 23.5. The number of fused-ring (bicyclic) bond motifs is 2. The summed E-state index contributed by atoms with van der Waals surface area (Å²) in [5.74, 6) is 1.20. The molecule has 0 unspecified atom stereocenters. The molecule has 50 heavy (non-hydrogen) atoms. The standard InChI is InChI=1S/C43H50O7/c1-25(2)20-21-32-28(6)38(33-16-12-14-18-35(33)40(32)47-30(8)44)49-42(46)50-39-29(7)37(43(10,11)23-22-27(5)24-26(3)4)41(48-31(9)45)36-19-15-13-17-34(36)39/h12-20,22,26H,21,23-24H2,1-11H3/b27-22+. The summed E-state index contributed by atoms with van der Waals surface area (Å²) in [5.41, 5.74) is 4.72. The van der Waals surface area contributed by atoms with E-state index in [1.54, 1.807) is 0 Å². The van der Waals surface area contributed by atoms with Crippen LogP contribution in [0.25, 0.3) is 21.5 Å². The Morgan fingerprint density at radius 2 is 1.12 bits per heavy atom. The van der Waals surface area contributed by atoms with E-state index in [1.807, 2.05) is 82.3 Å². The second kappa shape index (κ2) is 15.8. The summed E-state index contributed by atoms with van der Waals surface area (Å²) in [6.07, 6.45) is 5.48. The average molecular weight is 679 g/mol. The summed E-state index contributed by atoms with van der Waals surface area (Å²) >= 11 is 0. The first-order valence-corrected chi connectivity index (χ1v) is 17.2. The van der Waals surface area contributed by atoms with Crippen LogP contribution in [0, 0.1) is 19.8 Å². The number of carbonyl (C=O) groups is 3. The molecule has 0 aromatic heterocycles. The van der Waals surface area contributed by atoms with E-state index in [0.29, 0.717) is 74.4 Å². The molecule has 0 N–H and O–H groups in total. The predicted molar refractivity (Wildman–Crippen MR) is 201 cm³/mol. The lowest BCUT2D eigenvalue weighted by Crippen LogP contribution is -2.23. The lowest BCUT2D eigenvalue weighted by molar-refractivity contribution is -0.132. The summed E-state index contributed by atoms with van der Waals surface area (Å²) in [4.78, 5) is 38.6. The largest absolute Gasteiger partial charge is 0.519 e. The van der Waals surface area contributed by atoms with Crippen LogP contribution in [0.1, 0.15) is 97.4 Å². The van der Waals surface area contributed by atoms with Crippen LogP contribution >= 0.6 is 0 Å². The topological polar surface area (TPSA) is 88.1 Å². The smallest absolute Gasteiger partial charge is 0.426 e. The van der Waals surface area contributed by atoms with Crippen LogP contribution in [0.15, 0.2) is 71.8 Å². The Hall–Kier alpha value is -4.91. The third-order valence-corrected chi connectivity index (χ3v) is 8.79. The molecule has 0 saturated heterocycles. The molecule has 4 aromatic rings. The molecule has 264 valence electrons. The Balaban J connectivity index is 1.88. The third kappa shape index (κ3) is 8.62. The monoisotopic (exact) mass is 678 g/mol. The van der Waals surface area contributed by atoms with Gasteiger partial charge in [-0.3, -0.25) is 9.59 Å². The molecule has 0 amide bonds. The quantitative estimate of drug-likeness (QED) is 0.0675. The number of carbonyl (C=O) groups excluding carboxylic acids is 3. The van der Waals surface area contributed by atoms with Crippen molar-refractivity contribution in [2.45, 2.75) is 101 Å². The van der Waals surface area contributed by atoms with Gasteiger partial charge in [-0.2, -0.15) is 0 Å². The second-order valence-corrected chi connectivity index (χ2v) is 14.4.